The molecule has 0 aliphatic rings. The van der Waals surface area contributed by atoms with Gasteiger partial charge in [-0.1, -0.05) is 5.92 Å². The number of nitrogens with zero attached hydrogens (tertiary/aromatic N) is 2. The summed E-state index contributed by atoms with van der Waals surface area (Å²) < 4.78 is 0. The van der Waals surface area contributed by atoms with E-state index < -0.39 is 10.9 Å². The van der Waals surface area contributed by atoms with Crippen LogP contribution in [-0.4, -0.2) is 22.4 Å². The molecule has 0 spiro atoms. The fourth-order valence-electron chi connectivity index (χ4n) is 0.893. The average Bonchev–Trinajstić information content (AvgIpc) is 2.34. The molecule has 7 heteroatoms. The van der Waals surface area contributed by atoms with Crippen LogP contribution in [0.15, 0.2) is 18.3 Å². The summed E-state index contributed by atoms with van der Waals surface area (Å²) in [6.45, 7) is 1.86. The van der Waals surface area contributed by atoms with E-state index in [1.807, 2.05) is 0 Å². The molecule has 0 radical (unpaired) electrons. The first-order valence-electron chi connectivity index (χ1n) is 4.59. The summed E-state index contributed by atoms with van der Waals surface area (Å²) in [6, 6.07) is 2.39. The van der Waals surface area contributed by atoms with E-state index in [9.17, 15) is 14.9 Å². The second kappa shape index (κ2) is 6.19. The van der Waals surface area contributed by atoms with Gasteiger partial charge in [0.25, 0.3) is 5.69 Å². The molecule has 0 atom stereocenters. The van der Waals surface area contributed by atoms with Gasteiger partial charge in [-0.3, -0.25) is 10.1 Å². The summed E-state index contributed by atoms with van der Waals surface area (Å²) in [7, 11) is 0. The lowest BCUT2D eigenvalue weighted by molar-refractivity contribution is -0.385. The first-order valence-corrected chi connectivity index (χ1v) is 4.59. The molecule has 88 valence electrons. The van der Waals surface area contributed by atoms with E-state index in [4.69, 9.17) is 0 Å². The third-order valence-corrected chi connectivity index (χ3v) is 1.67. The number of nitrogens with one attached hydrogen (secondary N) is 1. The molecular weight excluding hydrogens is 226 g/mol. The van der Waals surface area contributed by atoms with Gasteiger partial charge in [0.2, 0.25) is 0 Å². The summed E-state index contributed by atoms with van der Waals surface area (Å²) in [6.07, 6.45) is 0.989. The van der Waals surface area contributed by atoms with Crippen LogP contribution in [0.1, 0.15) is 17.4 Å². The van der Waals surface area contributed by atoms with Gasteiger partial charge in [-0.2, -0.15) is 0 Å². The molecule has 0 unspecified atom stereocenters. The van der Waals surface area contributed by atoms with Crippen LogP contribution in [0.2, 0.25) is 0 Å². The summed E-state index contributed by atoms with van der Waals surface area (Å²) in [5.41, 5.74) is 2.12. The molecule has 0 aliphatic carbocycles. The van der Waals surface area contributed by atoms with Gasteiger partial charge in [0.15, 0.2) is 5.69 Å². The Bertz CT molecular complexity index is 473. The van der Waals surface area contributed by atoms with Crippen molar-refractivity contribution in [2.24, 2.45) is 0 Å². The van der Waals surface area contributed by atoms with Crippen LogP contribution < -0.4 is 5.48 Å². The molecule has 0 amide bonds. The molecule has 1 rings (SSSR count). The zero-order valence-electron chi connectivity index (χ0n) is 8.97. The van der Waals surface area contributed by atoms with Gasteiger partial charge in [0.05, 0.1) is 11.5 Å². The van der Waals surface area contributed by atoms with Gasteiger partial charge in [-0.05, 0) is 13.0 Å². The predicted molar refractivity (Wildman–Crippen MR) is 57.8 cm³/mol. The van der Waals surface area contributed by atoms with E-state index in [0.29, 0.717) is 0 Å². The zero-order chi connectivity index (χ0) is 12.7. The van der Waals surface area contributed by atoms with Gasteiger partial charge >= 0.3 is 5.97 Å². The topological polar surface area (TPSA) is 94.4 Å². The Morgan fingerprint density at radius 2 is 2.41 bits per heavy atom. The quantitative estimate of drug-likeness (QED) is 0.357. The van der Waals surface area contributed by atoms with E-state index in [1.165, 1.54) is 12.1 Å². The third-order valence-electron chi connectivity index (χ3n) is 1.67. The maximum absolute atomic E-state index is 11.3. The van der Waals surface area contributed by atoms with E-state index >= 15 is 0 Å². The second-order valence-electron chi connectivity index (χ2n) is 2.80. The number of nitro groups is 1. The number of rotatable bonds is 4. The number of aromatic nitrogens is 1. The Morgan fingerprint density at radius 1 is 1.65 bits per heavy atom. The molecule has 0 saturated heterocycles. The highest BCUT2D eigenvalue weighted by Crippen LogP contribution is 2.08. The third kappa shape index (κ3) is 3.89. The summed E-state index contributed by atoms with van der Waals surface area (Å²) in [4.78, 5) is 29.3. The minimum absolute atomic E-state index is 0.0208. The van der Waals surface area contributed by atoms with E-state index in [0.717, 1.165) is 6.20 Å². The molecule has 0 bridgehead atoms. The molecule has 0 aliphatic heterocycles. The lowest BCUT2D eigenvalue weighted by Crippen LogP contribution is -2.20. The number of hydroxylamine groups is 1. The Morgan fingerprint density at radius 3 is 2.94 bits per heavy atom. The average molecular weight is 235 g/mol. The van der Waals surface area contributed by atoms with Crippen molar-refractivity contribution in [2.75, 3.05) is 6.54 Å². The van der Waals surface area contributed by atoms with Gasteiger partial charge in [-0.25, -0.2) is 9.78 Å². The largest absolute Gasteiger partial charge is 0.375 e. The highest BCUT2D eigenvalue weighted by Gasteiger charge is 2.11. The molecule has 1 aromatic heterocycles. The first kappa shape index (κ1) is 12.6. The SMILES string of the molecule is CC#CCNOC(=O)c1ccc([N+](=O)[O-])cn1. The maximum atomic E-state index is 11.3. The van der Waals surface area contributed by atoms with Crippen molar-refractivity contribution >= 4 is 11.7 Å². The van der Waals surface area contributed by atoms with Crippen LogP contribution in [0.5, 0.6) is 0 Å². The Kier molecular flexibility index (Phi) is 4.59. The van der Waals surface area contributed by atoms with E-state index in [1.54, 1.807) is 6.92 Å². The second-order valence-corrected chi connectivity index (χ2v) is 2.80. The fourth-order valence-corrected chi connectivity index (χ4v) is 0.893. The lowest BCUT2D eigenvalue weighted by atomic mass is 10.3. The van der Waals surface area contributed by atoms with Crippen LogP contribution in [0.3, 0.4) is 0 Å². The van der Waals surface area contributed by atoms with E-state index in [-0.39, 0.29) is 17.9 Å². The fraction of sp³-hybridized carbons (Fsp3) is 0.200. The number of carbonyl (C=O) groups is 1. The van der Waals surface area contributed by atoms with Crippen LogP contribution >= 0.6 is 0 Å². The maximum Gasteiger partial charge on any atom is 0.375 e. The lowest BCUT2D eigenvalue weighted by Gasteiger charge is -2.01. The standard InChI is InChI=1S/C10H9N3O4/c1-2-3-6-12-17-10(14)9-5-4-8(7-11-9)13(15)16/h4-5,7,12H,6H2,1H3. The molecule has 1 N–H and O–H groups in total. The van der Waals surface area contributed by atoms with Gasteiger partial charge in [0.1, 0.15) is 6.20 Å². The number of carbonyl (C=O) groups excluding carboxylic acids is 1. The monoisotopic (exact) mass is 235 g/mol. The molecule has 1 aromatic rings. The minimum atomic E-state index is -0.724. The minimum Gasteiger partial charge on any atom is -0.365 e. The van der Waals surface area contributed by atoms with Crippen molar-refractivity contribution in [3.63, 3.8) is 0 Å². The van der Waals surface area contributed by atoms with Crippen molar-refractivity contribution < 1.29 is 14.6 Å². The zero-order valence-corrected chi connectivity index (χ0v) is 8.97. The molecule has 7 nitrogen and oxygen atoms in total. The molecule has 0 fully saturated rings. The van der Waals surface area contributed by atoms with Crippen molar-refractivity contribution in [1.82, 2.24) is 10.5 Å². The van der Waals surface area contributed by atoms with Crippen molar-refractivity contribution in [3.05, 3.63) is 34.1 Å². The predicted octanol–water partition coefficient (Wildman–Crippen LogP) is 0.675. The van der Waals surface area contributed by atoms with Crippen molar-refractivity contribution in [2.45, 2.75) is 6.92 Å². The summed E-state index contributed by atoms with van der Waals surface area (Å²) in [5, 5.41) is 10.3. The Balaban J connectivity index is 2.56. The number of hydrogen-bond donors (Lipinski definition) is 1. The van der Waals surface area contributed by atoms with Crippen molar-refractivity contribution in [1.29, 1.82) is 0 Å². The highest BCUT2D eigenvalue weighted by atomic mass is 16.7. The summed E-state index contributed by atoms with van der Waals surface area (Å²) >= 11 is 0. The van der Waals surface area contributed by atoms with Gasteiger partial charge in [-0.15, -0.1) is 11.4 Å². The van der Waals surface area contributed by atoms with Gasteiger partial charge < -0.3 is 4.84 Å². The normalized spacial score (nSPS) is 9.00. The Hall–Kier alpha value is -2.46. The Labute approximate surface area is 96.9 Å². The molecule has 0 aromatic carbocycles. The highest BCUT2D eigenvalue weighted by molar-refractivity contribution is 5.87. The molecule has 17 heavy (non-hydrogen) atoms. The first-order chi connectivity index (χ1) is 8.15. The van der Waals surface area contributed by atoms with Crippen molar-refractivity contribution in [3.8, 4) is 11.8 Å². The van der Waals surface area contributed by atoms with E-state index in [2.05, 4.69) is 27.1 Å². The molecule has 1 heterocycles. The van der Waals surface area contributed by atoms with Crippen LogP contribution in [0.25, 0.3) is 0 Å². The van der Waals surface area contributed by atoms with Crippen LogP contribution in [0.4, 0.5) is 5.69 Å². The molecular formula is C10H9N3O4. The summed E-state index contributed by atoms with van der Waals surface area (Å²) in [5.74, 6) is 4.51. The smallest absolute Gasteiger partial charge is 0.365 e. The van der Waals surface area contributed by atoms with Crippen LogP contribution in [0, 0.1) is 22.0 Å². The van der Waals surface area contributed by atoms with Gasteiger partial charge in [0, 0.05) is 6.07 Å². The number of hydrogen-bond acceptors (Lipinski definition) is 6. The molecule has 0 saturated carbocycles. The van der Waals surface area contributed by atoms with Crippen LogP contribution in [-0.2, 0) is 4.84 Å². The number of pyridine rings is 1.